The molecule has 0 radical (unpaired) electrons. The number of alkyl halides is 1. The van der Waals surface area contributed by atoms with Crippen LogP contribution < -0.4 is 0 Å². The summed E-state index contributed by atoms with van der Waals surface area (Å²) in [6, 6.07) is 0. The number of nitrogens with zero attached hydrogens (tertiary/aromatic N) is 4. The van der Waals surface area contributed by atoms with E-state index in [0.717, 1.165) is 12.4 Å². The Morgan fingerprint density at radius 1 is 1.42 bits per heavy atom. The zero-order valence-corrected chi connectivity index (χ0v) is 8.28. The number of aromatic nitrogens is 4. The van der Waals surface area contributed by atoms with Gasteiger partial charge in [-0.15, -0.1) is 16.7 Å². The number of halogens is 1. The van der Waals surface area contributed by atoms with Crippen molar-refractivity contribution < 1.29 is 0 Å². The molecule has 0 aromatic carbocycles. The fourth-order valence-electron chi connectivity index (χ4n) is 0.972. The SMILES string of the molecule is CC(C)Cn1nnnc1C(C)Cl. The highest BCUT2D eigenvalue weighted by molar-refractivity contribution is 6.20. The minimum Gasteiger partial charge on any atom is -0.228 e. The van der Waals surface area contributed by atoms with Crippen molar-refractivity contribution in [3.05, 3.63) is 5.82 Å². The molecule has 5 heteroatoms. The summed E-state index contributed by atoms with van der Waals surface area (Å²) in [5, 5.41) is 11.1. The summed E-state index contributed by atoms with van der Waals surface area (Å²) >= 11 is 5.87. The van der Waals surface area contributed by atoms with E-state index in [2.05, 4.69) is 29.4 Å². The van der Waals surface area contributed by atoms with Crippen molar-refractivity contribution >= 4 is 11.6 Å². The molecule has 12 heavy (non-hydrogen) atoms. The molecule has 68 valence electrons. The Hall–Kier alpha value is -0.640. The number of rotatable bonds is 3. The summed E-state index contributed by atoms with van der Waals surface area (Å²) in [6.45, 7) is 6.91. The molecule has 0 fully saturated rings. The van der Waals surface area contributed by atoms with Crippen LogP contribution in [0.25, 0.3) is 0 Å². The van der Waals surface area contributed by atoms with Crippen LogP contribution in [-0.4, -0.2) is 20.2 Å². The van der Waals surface area contributed by atoms with Gasteiger partial charge < -0.3 is 0 Å². The topological polar surface area (TPSA) is 43.6 Å². The van der Waals surface area contributed by atoms with Crippen LogP contribution in [-0.2, 0) is 6.54 Å². The zero-order valence-electron chi connectivity index (χ0n) is 7.53. The molecule has 1 atom stereocenters. The quantitative estimate of drug-likeness (QED) is 0.678. The van der Waals surface area contributed by atoms with Crippen molar-refractivity contribution in [2.75, 3.05) is 0 Å². The van der Waals surface area contributed by atoms with Gasteiger partial charge in [0.25, 0.3) is 0 Å². The van der Waals surface area contributed by atoms with Gasteiger partial charge in [-0.2, -0.15) is 0 Å². The molecule has 1 aromatic rings. The van der Waals surface area contributed by atoms with E-state index in [1.807, 2.05) is 6.92 Å². The van der Waals surface area contributed by atoms with Gasteiger partial charge in [0, 0.05) is 6.54 Å². The van der Waals surface area contributed by atoms with Crippen LogP contribution in [0.2, 0.25) is 0 Å². The second-order valence-electron chi connectivity index (χ2n) is 3.23. The fourth-order valence-corrected chi connectivity index (χ4v) is 1.13. The van der Waals surface area contributed by atoms with Gasteiger partial charge in [0.1, 0.15) is 0 Å². The lowest BCUT2D eigenvalue weighted by atomic mass is 10.2. The van der Waals surface area contributed by atoms with E-state index in [9.17, 15) is 0 Å². The highest BCUT2D eigenvalue weighted by atomic mass is 35.5. The van der Waals surface area contributed by atoms with E-state index in [1.54, 1.807) is 4.68 Å². The summed E-state index contributed by atoms with van der Waals surface area (Å²) in [6.07, 6.45) is 0. The average molecular weight is 189 g/mol. The average Bonchev–Trinajstić information content (AvgIpc) is 2.33. The number of hydrogen-bond donors (Lipinski definition) is 0. The fraction of sp³-hybridized carbons (Fsp3) is 0.857. The molecule has 4 nitrogen and oxygen atoms in total. The number of tetrazole rings is 1. The smallest absolute Gasteiger partial charge is 0.168 e. The van der Waals surface area contributed by atoms with Gasteiger partial charge in [-0.05, 0) is 23.3 Å². The first-order chi connectivity index (χ1) is 5.61. The third-order valence-corrected chi connectivity index (χ3v) is 1.65. The monoisotopic (exact) mass is 188 g/mol. The van der Waals surface area contributed by atoms with Gasteiger partial charge in [0.15, 0.2) is 5.82 Å². The van der Waals surface area contributed by atoms with E-state index in [0.29, 0.717) is 5.92 Å². The molecule has 0 saturated carbocycles. The molecule has 1 heterocycles. The predicted molar refractivity (Wildman–Crippen MR) is 46.9 cm³/mol. The maximum absolute atomic E-state index is 5.87. The highest BCUT2D eigenvalue weighted by Crippen LogP contribution is 2.15. The first-order valence-electron chi connectivity index (χ1n) is 4.01. The molecule has 0 amide bonds. The summed E-state index contributed by atoms with van der Waals surface area (Å²) < 4.78 is 1.75. The molecule has 0 aliphatic rings. The van der Waals surface area contributed by atoms with Crippen molar-refractivity contribution in [1.82, 2.24) is 20.2 Å². The van der Waals surface area contributed by atoms with Crippen molar-refractivity contribution in [3.8, 4) is 0 Å². The lowest BCUT2D eigenvalue weighted by Gasteiger charge is -2.07. The summed E-state index contributed by atoms with van der Waals surface area (Å²) in [7, 11) is 0. The third-order valence-electron chi connectivity index (χ3n) is 1.45. The Morgan fingerprint density at radius 3 is 2.58 bits per heavy atom. The van der Waals surface area contributed by atoms with Crippen molar-refractivity contribution in [2.24, 2.45) is 5.92 Å². The van der Waals surface area contributed by atoms with E-state index in [-0.39, 0.29) is 5.38 Å². The highest BCUT2D eigenvalue weighted by Gasteiger charge is 2.11. The first-order valence-corrected chi connectivity index (χ1v) is 4.45. The summed E-state index contributed by atoms with van der Waals surface area (Å²) in [4.78, 5) is 0. The largest absolute Gasteiger partial charge is 0.228 e. The summed E-state index contributed by atoms with van der Waals surface area (Å²) in [5.41, 5.74) is 0. The van der Waals surface area contributed by atoms with E-state index >= 15 is 0 Å². The third kappa shape index (κ3) is 2.17. The van der Waals surface area contributed by atoms with Crippen molar-refractivity contribution in [3.63, 3.8) is 0 Å². The molecular weight excluding hydrogens is 176 g/mol. The molecule has 0 spiro atoms. The molecule has 0 aliphatic heterocycles. The van der Waals surface area contributed by atoms with Gasteiger partial charge in [-0.25, -0.2) is 4.68 Å². The van der Waals surface area contributed by atoms with E-state index in [1.165, 1.54) is 0 Å². The Kier molecular flexibility index (Phi) is 3.03. The maximum atomic E-state index is 5.87. The van der Waals surface area contributed by atoms with Crippen LogP contribution >= 0.6 is 11.6 Å². The van der Waals surface area contributed by atoms with Gasteiger partial charge >= 0.3 is 0 Å². The molecule has 0 bridgehead atoms. The molecular formula is C7H13ClN4. The van der Waals surface area contributed by atoms with Crippen LogP contribution in [0.5, 0.6) is 0 Å². The van der Waals surface area contributed by atoms with Crippen molar-refractivity contribution in [2.45, 2.75) is 32.7 Å². The lowest BCUT2D eigenvalue weighted by molar-refractivity contribution is 0.458. The minimum absolute atomic E-state index is 0.126. The Labute approximate surface area is 76.9 Å². The van der Waals surface area contributed by atoms with Crippen LogP contribution in [0.4, 0.5) is 0 Å². The second kappa shape index (κ2) is 3.85. The van der Waals surface area contributed by atoms with Crippen LogP contribution in [0.3, 0.4) is 0 Å². The zero-order chi connectivity index (χ0) is 9.14. The molecule has 0 saturated heterocycles. The molecule has 1 aromatic heterocycles. The Balaban J connectivity index is 2.77. The molecule has 0 N–H and O–H groups in total. The van der Waals surface area contributed by atoms with Crippen LogP contribution in [0, 0.1) is 5.92 Å². The lowest BCUT2D eigenvalue weighted by Crippen LogP contribution is -2.10. The normalized spacial score (nSPS) is 13.8. The number of hydrogen-bond acceptors (Lipinski definition) is 3. The predicted octanol–water partition coefficient (Wildman–Crippen LogP) is 1.63. The van der Waals surface area contributed by atoms with Crippen LogP contribution in [0.1, 0.15) is 32.0 Å². The summed E-state index contributed by atoms with van der Waals surface area (Å²) in [5.74, 6) is 1.27. The van der Waals surface area contributed by atoms with Crippen LogP contribution in [0.15, 0.2) is 0 Å². The second-order valence-corrected chi connectivity index (χ2v) is 3.88. The maximum Gasteiger partial charge on any atom is 0.168 e. The van der Waals surface area contributed by atoms with Gasteiger partial charge in [-0.1, -0.05) is 13.8 Å². The Morgan fingerprint density at radius 2 is 2.08 bits per heavy atom. The van der Waals surface area contributed by atoms with Gasteiger partial charge in [-0.3, -0.25) is 0 Å². The molecule has 0 aliphatic carbocycles. The molecule has 1 rings (SSSR count). The Bertz CT molecular complexity index is 243. The van der Waals surface area contributed by atoms with Gasteiger partial charge in [0.2, 0.25) is 0 Å². The van der Waals surface area contributed by atoms with E-state index in [4.69, 9.17) is 11.6 Å². The first kappa shape index (κ1) is 9.45. The van der Waals surface area contributed by atoms with E-state index < -0.39 is 0 Å². The standard InChI is InChI=1S/C7H13ClN4/c1-5(2)4-12-7(6(3)8)9-10-11-12/h5-6H,4H2,1-3H3. The molecule has 1 unspecified atom stereocenters. The van der Waals surface area contributed by atoms with Gasteiger partial charge in [0.05, 0.1) is 5.38 Å². The van der Waals surface area contributed by atoms with Crippen molar-refractivity contribution in [1.29, 1.82) is 0 Å². The minimum atomic E-state index is -0.126.